The van der Waals surface area contributed by atoms with Gasteiger partial charge < -0.3 is 0 Å². The lowest BCUT2D eigenvalue weighted by Gasteiger charge is -2.22. The monoisotopic (exact) mass is 412 g/mol. The Kier molecular flexibility index (Phi) is 5.17. The van der Waals surface area contributed by atoms with E-state index in [9.17, 15) is 9.59 Å². The molecule has 1 atom stereocenters. The molecule has 0 aromatic rings. The SMILES string of the molecule is O=C(C1CCCCC(Br)(Br)C1=O)C(Cl)(Cl)Cl. The largest absolute Gasteiger partial charge is 0.296 e. The Hall–Kier alpha value is 1.17. The van der Waals surface area contributed by atoms with Crippen LogP contribution >= 0.6 is 66.7 Å². The molecule has 0 saturated heterocycles. The maximum Gasteiger partial charge on any atom is 0.249 e. The van der Waals surface area contributed by atoms with Crippen LogP contribution in [0.4, 0.5) is 0 Å². The number of hydrogen-bond acceptors (Lipinski definition) is 2. The van der Waals surface area contributed by atoms with Gasteiger partial charge in [0.15, 0.2) is 11.6 Å². The van der Waals surface area contributed by atoms with Crippen molar-refractivity contribution in [2.24, 2.45) is 5.92 Å². The van der Waals surface area contributed by atoms with E-state index in [0.29, 0.717) is 12.8 Å². The lowest BCUT2D eigenvalue weighted by Crippen LogP contribution is -2.39. The molecule has 1 fully saturated rings. The van der Waals surface area contributed by atoms with Crippen LogP contribution in [0.3, 0.4) is 0 Å². The predicted molar refractivity (Wildman–Crippen MR) is 72.8 cm³/mol. The van der Waals surface area contributed by atoms with Gasteiger partial charge in [-0.3, -0.25) is 9.59 Å². The molecule has 16 heavy (non-hydrogen) atoms. The van der Waals surface area contributed by atoms with Crippen LogP contribution in [-0.4, -0.2) is 18.6 Å². The Labute approximate surface area is 126 Å². The Morgan fingerprint density at radius 3 is 2.38 bits per heavy atom. The summed E-state index contributed by atoms with van der Waals surface area (Å²) in [5.74, 6) is -1.76. The summed E-state index contributed by atoms with van der Waals surface area (Å²) in [6, 6.07) is 0. The standard InChI is InChI=1S/C9H9Br2Cl3O2/c10-8(11)4-2-1-3-5(6(8)15)7(16)9(12,13)14/h5H,1-4H2. The molecule has 1 aliphatic carbocycles. The van der Waals surface area contributed by atoms with Crippen LogP contribution in [0.5, 0.6) is 0 Å². The Balaban J connectivity index is 2.95. The van der Waals surface area contributed by atoms with Gasteiger partial charge in [-0.2, -0.15) is 0 Å². The number of hydrogen-bond donors (Lipinski definition) is 0. The first-order valence-electron chi connectivity index (χ1n) is 4.69. The molecule has 0 amide bonds. The first kappa shape index (κ1) is 15.2. The first-order valence-corrected chi connectivity index (χ1v) is 7.41. The van der Waals surface area contributed by atoms with Crippen LogP contribution in [0.2, 0.25) is 0 Å². The molecule has 7 heteroatoms. The van der Waals surface area contributed by atoms with Crippen molar-refractivity contribution in [3.63, 3.8) is 0 Å². The minimum Gasteiger partial charge on any atom is -0.296 e. The Bertz CT molecular complexity index is 312. The van der Waals surface area contributed by atoms with E-state index < -0.39 is 18.7 Å². The topological polar surface area (TPSA) is 34.1 Å². The van der Waals surface area contributed by atoms with Crippen molar-refractivity contribution in [1.82, 2.24) is 0 Å². The zero-order chi connectivity index (χ0) is 12.6. The summed E-state index contributed by atoms with van der Waals surface area (Å²) in [6.45, 7) is 0. The number of halogens is 5. The van der Waals surface area contributed by atoms with E-state index in [0.717, 1.165) is 12.8 Å². The lowest BCUT2D eigenvalue weighted by molar-refractivity contribution is -0.132. The van der Waals surface area contributed by atoms with Crippen LogP contribution in [0.15, 0.2) is 0 Å². The van der Waals surface area contributed by atoms with Crippen LogP contribution < -0.4 is 0 Å². The molecule has 0 bridgehead atoms. The third-order valence-corrected chi connectivity index (χ3v) is 4.64. The Morgan fingerprint density at radius 2 is 1.88 bits per heavy atom. The maximum absolute atomic E-state index is 12.1. The van der Waals surface area contributed by atoms with Gasteiger partial charge in [0.05, 0.1) is 5.92 Å². The highest BCUT2D eigenvalue weighted by Gasteiger charge is 2.47. The van der Waals surface area contributed by atoms with Crippen molar-refractivity contribution in [3.8, 4) is 0 Å². The fraction of sp³-hybridized carbons (Fsp3) is 0.778. The molecule has 0 N–H and O–H groups in total. The number of carbonyl (C=O) groups excluding carboxylic acids is 2. The van der Waals surface area contributed by atoms with E-state index in [1.165, 1.54) is 0 Å². The van der Waals surface area contributed by atoms with E-state index in [-0.39, 0.29) is 5.78 Å². The first-order chi connectivity index (χ1) is 7.16. The highest BCUT2D eigenvalue weighted by atomic mass is 79.9. The third kappa shape index (κ3) is 3.58. The molecular formula is C9H9Br2Cl3O2. The molecule has 0 aliphatic heterocycles. The summed E-state index contributed by atoms with van der Waals surface area (Å²) in [6.07, 6.45) is 2.66. The molecular weight excluding hydrogens is 406 g/mol. The summed E-state index contributed by atoms with van der Waals surface area (Å²) in [5, 5.41) is 0. The van der Waals surface area contributed by atoms with Gasteiger partial charge in [-0.25, -0.2) is 0 Å². The summed E-state index contributed by atoms with van der Waals surface area (Å²) >= 11 is 23.1. The second-order valence-corrected chi connectivity index (χ2v) is 9.78. The molecule has 0 heterocycles. The molecule has 1 saturated carbocycles. The lowest BCUT2D eigenvalue weighted by atomic mass is 9.95. The molecule has 2 nitrogen and oxygen atoms in total. The van der Waals surface area contributed by atoms with Crippen molar-refractivity contribution in [2.75, 3.05) is 0 Å². The zero-order valence-electron chi connectivity index (χ0n) is 8.11. The van der Waals surface area contributed by atoms with Crippen LogP contribution in [0.1, 0.15) is 25.7 Å². The van der Waals surface area contributed by atoms with E-state index in [1.54, 1.807) is 0 Å². The number of Topliss-reactive ketones (excluding diaryl/α,β-unsaturated/α-hetero) is 2. The van der Waals surface area contributed by atoms with Crippen molar-refractivity contribution in [1.29, 1.82) is 0 Å². The van der Waals surface area contributed by atoms with Crippen molar-refractivity contribution in [2.45, 2.75) is 32.7 Å². The molecule has 1 rings (SSSR count). The number of carbonyl (C=O) groups is 2. The molecule has 1 aliphatic rings. The number of ketones is 2. The molecule has 0 radical (unpaired) electrons. The van der Waals surface area contributed by atoms with Crippen molar-refractivity contribution >= 4 is 78.2 Å². The average Bonchev–Trinajstić information content (AvgIpc) is 2.25. The smallest absolute Gasteiger partial charge is 0.249 e. The Morgan fingerprint density at radius 1 is 1.31 bits per heavy atom. The minimum atomic E-state index is -2.03. The van der Waals surface area contributed by atoms with Gasteiger partial charge in [0.1, 0.15) is 3.23 Å². The van der Waals surface area contributed by atoms with Crippen molar-refractivity contribution < 1.29 is 9.59 Å². The average molecular weight is 415 g/mol. The van der Waals surface area contributed by atoms with E-state index in [4.69, 9.17) is 34.8 Å². The van der Waals surface area contributed by atoms with Gasteiger partial charge in [-0.15, -0.1) is 0 Å². The molecule has 0 aromatic heterocycles. The predicted octanol–water partition coefficient (Wildman–Crippen LogP) is 4.17. The zero-order valence-corrected chi connectivity index (χ0v) is 13.6. The molecule has 1 unspecified atom stereocenters. The van der Waals surface area contributed by atoms with Crippen molar-refractivity contribution in [3.05, 3.63) is 0 Å². The fourth-order valence-electron chi connectivity index (χ4n) is 1.65. The number of alkyl halides is 5. The van der Waals surface area contributed by atoms with Gasteiger partial charge in [0, 0.05) is 0 Å². The van der Waals surface area contributed by atoms with Crippen LogP contribution in [0.25, 0.3) is 0 Å². The van der Waals surface area contributed by atoms with Crippen LogP contribution in [-0.2, 0) is 9.59 Å². The summed E-state index contributed by atoms with van der Waals surface area (Å²) in [4.78, 5) is 23.9. The minimum absolute atomic E-state index is 0.263. The van der Waals surface area contributed by atoms with Crippen LogP contribution in [0, 0.1) is 5.92 Å². The fourth-order valence-corrected chi connectivity index (χ4v) is 3.16. The third-order valence-electron chi connectivity index (χ3n) is 2.51. The van der Waals surface area contributed by atoms with Gasteiger partial charge >= 0.3 is 0 Å². The second-order valence-electron chi connectivity index (χ2n) is 3.73. The highest BCUT2D eigenvalue weighted by molar-refractivity contribution is 9.25. The summed E-state index contributed by atoms with van der Waals surface area (Å²) in [5.41, 5.74) is 0. The molecule has 92 valence electrons. The van der Waals surface area contributed by atoms with E-state index in [1.807, 2.05) is 0 Å². The van der Waals surface area contributed by atoms with Gasteiger partial charge in [0.2, 0.25) is 3.79 Å². The summed E-state index contributed by atoms with van der Waals surface area (Å²) < 4.78 is -2.90. The van der Waals surface area contributed by atoms with E-state index >= 15 is 0 Å². The van der Waals surface area contributed by atoms with Gasteiger partial charge in [-0.05, 0) is 12.8 Å². The number of rotatable bonds is 1. The normalized spacial score (nSPS) is 26.3. The van der Waals surface area contributed by atoms with Gasteiger partial charge in [-0.1, -0.05) is 79.5 Å². The maximum atomic E-state index is 12.1. The van der Waals surface area contributed by atoms with E-state index in [2.05, 4.69) is 31.9 Å². The summed E-state index contributed by atoms with van der Waals surface area (Å²) in [7, 11) is 0. The van der Waals surface area contributed by atoms with Gasteiger partial charge in [0.25, 0.3) is 0 Å². The molecule has 0 spiro atoms. The quantitative estimate of drug-likeness (QED) is 0.366. The second kappa shape index (κ2) is 5.43. The highest BCUT2D eigenvalue weighted by Crippen LogP contribution is 2.42. The molecule has 0 aromatic carbocycles.